The van der Waals surface area contributed by atoms with Crippen molar-refractivity contribution in [3.8, 4) is 0 Å². The summed E-state index contributed by atoms with van der Waals surface area (Å²) in [5.41, 5.74) is 14.5. The van der Waals surface area contributed by atoms with Crippen molar-refractivity contribution in [2.45, 2.75) is 0 Å². The van der Waals surface area contributed by atoms with Gasteiger partial charge in [0, 0.05) is 11.6 Å². The lowest BCUT2D eigenvalue weighted by Crippen LogP contribution is -1.77. The van der Waals surface area contributed by atoms with Crippen molar-refractivity contribution in [1.82, 2.24) is 9.97 Å². The summed E-state index contributed by atoms with van der Waals surface area (Å²) in [6.45, 7) is 0. The molecule has 13 heavy (non-hydrogen) atoms. The average Bonchev–Trinajstić information content (AvgIpc) is 2.19. The third-order valence-electron chi connectivity index (χ3n) is 1.41. The van der Waals surface area contributed by atoms with E-state index in [2.05, 4.69) is 9.97 Å². The number of para-hydroxylation sites is 1. The van der Waals surface area contributed by atoms with Crippen molar-refractivity contribution in [2.24, 2.45) is 0 Å². The Morgan fingerprint density at radius 2 is 1.85 bits per heavy atom. The van der Waals surface area contributed by atoms with E-state index in [0.717, 1.165) is 10.9 Å². The van der Waals surface area contributed by atoms with Gasteiger partial charge in [-0.15, -0.1) is 0 Å². The molecule has 0 amide bonds. The van der Waals surface area contributed by atoms with Crippen LogP contribution in [0.15, 0.2) is 36.8 Å². The average molecular weight is 172 g/mol. The predicted octanol–water partition coefficient (Wildman–Crippen LogP) is 2.50. The molecule has 0 atom stereocenters. The highest BCUT2D eigenvalue weighted by molar-refractivity contribution is 5.76. The van der Waals surface area contributed by atoms with Gasteiger partial charge >= 0.3 is 0 Å². The molecule has 0 radical (unpaired) electrons. The highest BCUT2D eigenvalue weighted by Gasteiger charge is 1.87. The summed E-state index contributed by atoms with van der Waals surface area (Å²) in [5.74, 6) is 0. The number of benzene rings is 1. The molecule has 5 heteroatoms. The molecular formula is C8H6N5-. The van der Waals surface area contributed by atoms with Crippen LogP contribution in [0, 0.1) is 0 Å². The molecule has 2 rings (SSSR count). The maximum absolute atomic E-state index is 6.75. The molecule has 0 N–H and O–H groups in total. The van der Waals surface area contributed by atoms with Gasteiger partial charge in [0.2, 0.25) is 0 Å². The molecule has 64 valence electrons. The van der Waals surface area contributed by atoms with E-state index in [4.69, 9.17) is 11.1 Å². The predicted molar refractivity (Wildman–Crippen MR) is 49.6 cm³/mol. The summed E-state index contributed by atoms with van der Waals surface area (Å²) in [7, 11) is 0. The lowest BCUT2D eigenvalue weighted by molar-refractivity contribution is 1.22. The van der Waals surface area contributed by atoms with Crippen molar-refractivity contribution < 1.29 is 0 Å². The van der Waals surface area contributed by atoms with Crippen LogP contribution in [0.5, 0.6) is 0 Å². The standard InChI is InChI=1S/C8H6N2.N3/c1-2-4-8-7(3-1)5-9-6-10-8;1-3-2/h1-6H;/q;-1. The molecule has 0 bridgehead atoms. The van der Waals surface area contributed by atoms with E-state index in [1.807, 2.05) is 30.5 Å². The molecule has 5 nitrogen and oxygen atoms in total. The van der Waals surface area contributed by atoms with Crippen LogP contribution in [0.3, 0.4) is 0 Å². The van der Waals surface area contributed by atoms with Gasteiger partial charge in [-0.2, -0.15) is 0 Å². The number of nitrogens with zero attached hydrogens (tertiary/aromatic N) is 5. The summed E-state index contributed by atoms with van der Waals surface area (Å²) in [5, 5.41) is 1.09. The fraction of sp³-hybridized carbons (Fsp3) is 0. The molecule has 0 saturated carbocycles. The first kappa shape index (κ1) is 8.96. The molecule has 1 heterocycles. The van der Waals surface area contributed by atoms with Crippen LogP contribution < -0.4 is 0 Å². The minimum Gasteiger partial charge on any atom is -0.373 e. The highest BCUT2D eigenvalue weighted by atomic mass is 15.0. The van der Waals surface area contributed by atoms with Crippen molar-refractivity contribution in [3.63, 3.8) is 0 Å². The maximum Gasteiger partial charge on any atom is 0.116 e. The third-order valence-corrected chi connectivity index (χ3v) is 1.41. The Hall–Kier alpha value is -2.13. The van der Waals surface area contributed by atoms with E-state index in [9.17, 15) is 0 Å². The van der Waals surface area contributed by atoms with Crippen LogP contribution in [-0.4, -0.2) is 9.97 Å². The number of aromatic nitrogens is 2. The van der Waals surface area contributed by atoms with Gasteiger partial charge in [0.1, 0.15) is 6.33 Å². The SMILES string of the molecule is [N-]=[N+]=[N-].c1ccc2ncncc2c1. The van der Waals surface area contributed by atoms with Gasteiger partial charge in [-0.1, -0.05) is 18.2 Å². The molecular weight excluding hydrogens is 166 g/mol. The number of rotatable bonds is 0. The van der Waals surface area contributed by atoms with Crippen LogP contribution in [0.25, 0.3) is 26.9 Å². The van der Waals surface area contributed by atoms with Gasteiger partial charge in [0.25, 0.3) is 0 Å². The molecule has 0 fully saturated rings. The zero-order valence-corrected chi connectivity index (χ0v) is 6.70. The summed E-state index contributed by atoms with van der Waals surface area (Å²) in [6, 6.07) is 7.91. The largest absolute Gasteiger partial charge is 0.373 e. The summed E-state index contributed by atoms with van der Waals surface area (Å²) in [6.07, 6.45) is 3.37. The first-order valence-corrected chi connectivity index (χ1v) is 3.51. The Morgan fingerprint density at radius 3 is 2.54 bits per heavy atom. The van der Waals surface area contributed by atoms with Gasteiger partial charge in [-0.3, -0.25) is 4.91 Å². The van der Waals surface area contributed by atoms with Gasteiger partial charge in [-0.25, -0.2) is 9.97 Å². The van der Waals surface area contributed by atoms with E-state index in [1.54, 1.807) is 6.33 Å². The Labute approximate surface area is 74.5 Å². The fourth-order valence-electron chi connectivity index (χ4n) is 0.923. The topological polar surface area (TPSA) is 84.5 Å². The highest BCUT2D eigenvalue weighted by Crippen LogP contribution is 2.06. The zero-order valence-electron chi connectivity index (χ0n) is 6.70. The minimum atomic E-state index is 0.998. The molecule has 2 aromatic rings. The van der Waals surface area contributed by atoms with Crippen LogP contribution in [0.1, 0.15) is 0 Å². The summed E-state index contributed by atoms with van der Waals surface area (Å²) >= 11 is 0. The fourth-order valence-corrected chi connectivity index (χ4v) is 0.923. The van der Waals surface area contributed by atoms with E-state index in [1.165, 1.54) is 4.91 Å². The summed E-state index contributed by atoms with van der Waals surface area (Å²) in [4.78, 5) is 9.47. The van der Waals surface area contributed by atoms with Crippen molar-refractivity contribution in [3.05, 3.63) is 52.8 Å². The van der Waals surface area contributed by atoms with Gasteiger partial charge in [-0.05, 0) is 6.07 Å². The molecule has 0 aliphatic heterocycles. The third kappa shape index (κ3) is 2.43. The normalized spacial score (nSPS) is 8.31. The Balaban J connectivity index is 0.000000251. The number of fused-ring (bicyclic) bond motifs is 1. The van der Waals surface area contributed by atoms with E-state index >= 15 is 0 Å². The molecule has 0 aliphatic carbocycles. The zero-order chi connectivity index (χ0) is 9.52. The molecule has 0 unspecified atom stereocenters. The van der Waals surface area contributed by atoms with Crippen molar-refractivity contribution >= 4 is 10.9 Å². The molecule has 1 aromatic carbocycles. The monoisotopic (exact) mass is 172 g/mol. The Bertz CT molecular complexity index is 354. The minimum absolute atomic E-state index is 0.998. The van der Waals surface area contributed by atoms with E-state index < -0.39 is 0 Å². The second-order valence-corrected chi connectivity index (χ2v) is 2.17. The smallest absolute Gasteiger partial charge is 0.116 e. The van der Waals surface area contributed by atoms with Crippen LogP contribution in [0.2, 0.25) is 0 Å². The van der Waals surface area contributed by atoms with Crippen LogP contribution in [-0.2, 0) is 0 Å². The second-order valence-electron chi connectivity index (χ2n) is 2.17. The lowest BCUT2D eigenvalue weighted by atomic mass is 10.2. The molecule has 0 aliphatic rings. The first-order valence-electron chi connectivity index (χ1n) is 3.51. The molecule has 0 saturated heterocycles. The quantitative estimate of drug-likeness (QED) is 0.347. The second kappa shape index (κ2) is 4.69. The Morgan fingerprint density at radius 1 is 1.15 bits per heavy atom. The number of hydrogen-bond donors (Lipinski definition) is 0. The van der Waals surface area contributed by atoms with Gasteiger partial charge < -0.3 is 11.1 Å². The van der Waals surface area contributed by atoms with Gasteiger partial charge in [0.15, 0.2) is 0 Å². The van der Waals surface area contributed by atoms with E-state index in [-0.39, 0.29) is 0 Å². The Kier molecular flexibility index (Phi) is 3.23. The van der Waals surface area contributed by atoms with Crippen molar-refractivity contribution in [1.29, 1.82) is 0 Å². The lowest BCUT2D eigenvalue weighted by Gasteiger charge is -1.90. The van der Waals surface area contributed by atoms with Crippen LogP contribution >= 0.6 is 0 Å². The molecule has 1 aromatic heterocycles. The first-order chi connectivity index (χ1) is 6.38. The molecule has 0 spiro atoms. The van der Waals surface area contributed by atoms with Crippen LogP contribution in [0.4, 0.5) is 0 Å². The van der Waals surface area contributed by atoms with Crippen molar-refractivity contribution in [2.75, 3.05) is 0 Å². The van der Waals surface area contributed by atoms with Gasteiger partial charge in [0.05, 0.1) is 5.52 Å². The number of hydrogen-bond acceptors (Lipinski definition) is 2. The maximum atomic E-state index is 6.75. The summed E-state index contributed by atoms with van der Waals surface area (Å²) < 4.78 is 0. The van der Waals surface area contributed by atoms with E-state index in [0.29, 0.717) is 0 Å².